The van der Waals surface area contributed by atoms with Gasteiger partial charge < -0.3 is 10.2 Å². The maximum absolute atomic E-state index is 12.8. The van der Waals surface area contributed by atoms with Crippen LogP contribution >= 0.6 is 0 Å². The number of aromatic nitrogens is 1. The molecule has 21 heavy (non-hydrogen) atoms. The van der Waals surface area contributed by atoms with Gasteiger partial charge in [-0.25, -0.2) is 4.98 Å². The summed E-state index contributed by atoms with van der Waals surface area (Å²) in [5.74, 6) is 0.916. The lowest BCUT2D eigenvalue weighted by atomic mass is 9.84. The molecule has 1 aromatic rings. The highest BCUT2D eigenvalue weighted by Crippen LogP contribution is 2.29. The molecule has 0 spiro atoms. The summed E-state index contributed by atoms with van der Waals surface area (Å²) in [7, 11) is 1.84. The monoisotopic (exact) mass is 289 g/mol. The molecule has 0 unspecified atom stereocenters. The lowest BCUT2D eigenvalue weighted by molar-refractivity contribution is 0.0583. The molecule has 1 aliphatic heterocycles. The molecular formula is C17H27N3O. The van der Waals surface area contributed by atoms with Crippen molar-refractivity contribution in [3.63, 3.8) is 0 Å². The number of carbonyl (C=O) groups is 1. The normalized spacial score (nSPS) is 17.6. The van der Waals surface area contributed by atoms with Crippen molar-refractivity contribution in [3.8, 4) is 0 Å². The Hall–Kier alpha value is -1.58. The molecule has 0 saturated carbocycles. The Morgan fingerprint density at radius 2 is 2.19 bits per heavy atom. The fourth-order valence-electron chi connectivity index (χ4n) is 3.00. The first kappa shape index (κ1) is 15.8. The summed E-state index contributed by atoms with van der Waals surface area (Å²) in [5, 5.41) is 3.06. The fraction of sp³-hybridized carbons (Fsp3) is 0.647. The second kappa shape index (κ2) is 6.46. The molecule has 0 radical (unpaired) electrons. The molecule has 1 N–H and O–H groups in total. The van der Waals surface area contributed by atoms with E-state index in [-0.39, 0.29) is 11.3 Å². The maximum Gasteiger partial charge on any atom is 0.254 e. The number of amides is 1. The zero-order chi connectivity index (χ0) is 15.5. The van der Waals surface area contributed by atoms with Crippen molar-refractivity contribution >= 4 is 11.7 Å². The van der Waals surface area contributed by atoms with E-state index in [2.05, 4.69) is 31.1 Å². The number of aryl methyl sites for hydroxylation is 1. The van der Waals surface area contributed by atoms with Crippen LogP contribution in [0.25, 0.3) is 0 Å². The van der Waals surface area contributed by atoms with E-state index in [1.54, 1.807) is 0 Å². The van der Waals surface area contributed by atoms with Crippen molar-refractivity contribution in [1.29, 1.82) is 0 Å². The van der Waals surface area contributed by atoms with E-state index in [1.165, 1.54) is 6.42 Å². The van der Waals surface area contributed by atoms with E-state index in [4.69, 9.17) is 0 Å². The zero-order valence-corrected chi connectivity index (χ0v) is 13.7. The minimum absolute atomic E-state index is 0.138. The van der Waals surface area contributed by atoms with Crippen molar-refractivity contribution in [2.24, 2.45) is 5.41 Å². The summed E-state index contributed by atoms with van der Waals surface area (Å²) >= 11 is 0. The highest BCUT2D eigenvalue weighted by atomic mass is 16.2. The average molecular weight is 289 g/mol. The second-order valence-electron chi connectivity index (χ2n) is 6.73. The number of hydrogen-bond donors (Lipinski definition) is 1. The number of likely N-dealkylation sites (tertiary alicyclic amines) is 1. The van der Waals surface area contributed by atoms with Crippen LogP contribution in [-0.2, 0) is 6.42 Å². The summed E-state index contributed by atoms with van der Waals surface area (Å²) in [6, 6.07) is 3.82. The molecule has 1 fully saturated rings. The number of hydrogen-bond acceptors (Lipinski definition) is 3. The zero-order valence-electron chi connectivity index (χ0n) is 13.7. The molecule has 0 aromatic carbocycles. The van der Waals surface area contributed by atoms with Crippen molar-refractivity contribution in [3.05, 3.63) is 23.4 Å². The number of anilines is 1. The predicted octanol–water partition coefficient (Wildman–Crippen LogP) is 3.34. The summed E-state index contributed by atoms with van der Waals surface area (Å²) in [6.45, 7) is 8.30. The molecule has 1 amide bonds. The molecule has 0 bridgehead atoms. The third-order valence-corrected chi connectivity index (χ3v) is 4.08. The second-order valence-corrected chi connectivity index (χ2v) is 6.73. The van der Waals surface area contributed by atoms with Crippen LogP contribution in [-0.4, -0.2) is 35.9 Å². The maximum atomic E-state index is 12.8. The van der Waals surface area contributed by atoms with Gasteiger partial charge in [-0.1, -0.05) is 27.2 Å². The van der Waals surface area contributed by atoms with Crippen molar-refractivity contribution < 1.29 is 4.79 Å². The van der Waals surface area contributed by atoms with E-state index in [0.29, 0.717) is 0 Å². The number of piperidine rings is 1. The van der Waals surface area contributed by atoms with E-state index in [0.717, 1.165) is 49.4 Å². The highest BCUT2D eigenvalue weighted by Gasteiger charge is 2.29. The van der Waals surface area contributed by atoms with Gasteiger partial charge in [0, 0.05) is 31.4 Å². The van der Waals surface area contributed by atoms with Gasteiger partial charge in [-0.3, -0.25) is 4.79 Å². The first-order valence-electron chi connectivity index (χ1n) is 7.93. The van der Waals surface area contributed by atoms with Gasteiger partial charge in [-0.05, 0) is 36.8 Å². The lowest BCUT2D eigenvalue weighted by Gasteiger charge is -2.38. The standard InChI is InChI=1S/C17H27N3O/c1-5-7-14-10-13(11-15(18-4)19-14)16(21)20-9-6-8-17(2,3)12-20/h10-11H,5-9,12H2,1-4H3,(H,18,19). The molecule has 0 atom stereocenters. The number of carbonyl (C=O) groups excluding carboxylic acids is 1. The Kier molecular flexibility index (Phi) is 4.86. The third kappa shape index (κ3) is 3.96. The molecule has 2 rings (SSSR count). The lowest BCUT2D eigenvalue weighted by Crippen LogP contribution is -2.43. The van der Waals surface area contributed by atoms with Crippen LogP contribution in [0.1, 0.15) is 56.1 Å². The molecule has 4 heteroatoms. The van der Waals surface area contributed by atoms with Crippen LogP contribution in [0, 0.1) is 5.41 Å². The van der Waals surface area contributed by atoms with Crippen LogP contribution in [0.4, 0.5) is 5.82 Å². The number of pyridine rings is 1. The molecule has 1 saturated heterocycles. The van der Waals surface area contributed by atoms with Crippen LogP contribution in [0.3, 0.4) is 0 Å². The molecule has 1 aliphatic rings. The van der Waals surface area contributed by atoms with Crippen LogP contribution in [0.5, 0.6) is 0 Å². The van der Waals surface area contributed by atoms with Gasteiger partial charge >= 0.3 is 0 Å². The smallest absolute Gasteiger partial charge is 0.254 e. The summed E-state index contributed by atoms with van der Waals surface area (Å²) < 4.78 is 0. The number of rotatable bonds is 4. The Labute approximate surface area is 127 Å². The van der Waals surface area contributed by atoms with Gasteiger partial charge in [-0.2, -0.15) is 0 Å². The Bertz CT molecular complexity index is 511. The van der Waals surface area contributed by atoms with E-state index < -0.39 is 0 Å². The van der Waals surface area contributed by atoms with Gasteiger partial charge in [-0.15, -0.1) is 0 Å². The number of nitrogens with zero attached hydrogens (tertiary/aromatic N) is 2. The summed E-state index contributed by atoms with van der Waals surface area (Å²) in [5.41, 5.74) is 1.97. The third-order valence-electron chi connectivity index (χ3n) is 4.08. The minimum atomic E-state index is 0.138. The molecule has 116 valence electrons. The molecule has 4 nitrogen and oxygen atoms in total. The van der Waals surface area contributed by atoms with Crippen LogP contribution < -0.4 is 5.32 Å². The Morgan fingerprint density at radius 1 is 1.43 bits per heavy atom. The van der Waals surface area contributed by atoms with E-state index >= 15 is 0 Å². The summed E-state index contributed by atoms with van der Waals surface area (Å²) in [4.78, 5) is 19.3. The quantitative estimate of drug-likeness (QED) is 0.924. The first-order chi connectivity index (χ1) is 9.95. The molecular weight excluding hydrogens is 262 g/mol. The highest BCUT2D eigenvalue weighted by molar-refractivity contribution is 5.95. The van der Waals surface area contributed by atoms with Gasteiger partial charge in [0.05, 0.1) is 0 Å². The minimum Gasteiger partial charge on any atom is -0.373 e. The Morgan fingerprint density at radius 3 is 2.81 bits per heavy atom. The Balaban J connectivity index is 2.23. The van der Waals surface area contributed by atoms with Crippen molar-refractivity contribution in [1.82, 2.24) is 9.88 Å². The van der Waals surface area contributed by atoms with Crippen molar-refractivity contribution in [2.45, 2.75) is 46.5 Å². The van der Waals surface area contributed by atoms with Gasteiger partial charge in [0.2, 0.25) is 0 Å². The molecule has 0 aliphatic carbocycles. The number of nitrogens with one attached hydrogen (secondary N) is 1. The largest absolute Gasteiger partial charge is 0.373 e. The van der Waals surface area contributed by atoms with Crippen LogP contribution in [0.2, 0.25) is 0 Å². The van der Waals surface area contributed by atoms with Gasteiger partial charge in [0.15, 0.2) is 0 Å². The van der Waals surface area contributed by atoms with E-state index in [9.17, 15) is 4.79 Å². The van der Waals surface area contributed by atoms with Crippen LogP contribution in [0.15, 0.2) is 12.1 Å². The predicted molar refractivity (Wildman–Crippen MR) is 86.7 cm³/mol. The van der Waals surface area contributed by atoms with Gasteiger partial charge in [0.1, 0.15) is 5.82 Å². The molecule has 2 heterocycles. The van der Waals surface area contributed by atoms with Crippen molar-refractivity contribution in [2.75, 3.05) is 25.5 Å². The fourth-order valence-corrected chi connectivity index (χ4v) is 3.00. The topological polar surface area (TPSA) is 45.2 Å². The van der Waals surface area contributed by atoms with Gasteiger partial charge in [0.25, 0.3) is 5.91 Å². The van der Waals surface area contributed by atoms with E-state index in [1.807, 2.05) is 24.1 Å². The SMILES string of the molecule is CCCc1cc(C(=O)N2CCCC(C)(C)C2)cc(NC)n1. The molecule has 1 aromatic heterocycles. The average Bonchev–Trinajstić information content (AvgIpc) is 2.45. The first-order valence-corrected chi connectivity index (χ1v) is 7.93. The summed E-state index contributed by atoms with van der Waals surface area (Å²) in [6.07, 6.45) is 4.21.